The summed E-state index contributed by atoms with van der Waals surface area (Å²) in [7, 11) is 1.60. The van der Waals surface area contributed by atoms with Crippen LogP contribution in [0.15, 0.2) is 42.7 Å². The molecule has 1 N–H and O–H groups in total. The van der Waals surface area contributed by atoms with Crippen molar-refractivity contribution in [2.75, 3.05) is 7.11 Å². The molecular weight excluding hydrogens is 264 g/mol. The zero-order valence-electron chi connectivity index (χ0n) is 10.4. The van der Waals surface area contributed by atoms with Gasteiger partial charge in [-0.2, -0.15) is 0 Å². The predicted molar refractivity (Wildman–Crippen MR) is 73.4 cm³/mol. The number of nitrogens with one attached hydrogen (secondary N) is 1. The Balaban J connectivity index is 2.07. The summed E-state index contributed by atoms with van der Waals surface area (Å²) in [5, 5.41) is 3.17. The Kier molecular flexibility index (Phi) is 4.36. The Morgan fingerprint density at radius 2 is 2.16 bits per heavy atom. The van der Waals surface area contributed by atoms with Crippen molar-refractivity contribution in [2.24, 2.45) is 0 Å². The number of ether oxygens (including phenoxy) is 1. The number of para-hydroxylation sites is 1. The van der Waals surface area contributed by atoms with E-state index in [9.17, 15) is 4.79 Å². The van der Waals surface area contributed by atoms with Crippen LogP contribution in [0.5, 0.6) is 5.75 Å². The second-order valence-electron chi connectivity index (χ2n) is 3.85. The molecule has 0 bridgehead atoms. The monoisotopic (exact) mass is 276 g/mol. The SMILES string of the molecule is COc1ccccc1CNC(=O)c1cnccc1Cl. The lowest BCUT2D eigenvalue weighted by Gasteiger charge is -2.09. The van der Waals surface area contributed by atoms with Gasteiger partial charge in [0.2, 0.25) is 0 Å². The second-order valence-corrected chi connectivity index (χ2v) is 4.26. The molecule has 98 valence electrons. The van der Waals surface area contributed by atoms with Crippen molar-refractivity contribution < 1.29 is 9.53 Å². The molecule has 19 heavy (non-hydrogen) atoms. The lowest BCUT2D eigenvalue weighted by molar-refractivity contribution is 0.0950. The van der Waals surface area contributed by atoms with Crippen LogP contribution < -0.4 is 10.1 Å². The number of carbonyl (C=O) groups excluding carboxylic acids is 1. The van der Waals surface area contributed by atoms with Crippen LogP contribution in [0.1, 0.15) is 15.9 Å². The van der Waals surface area contributed by atoms with Crippen LogP contribution in [-0.2, 0) is 6.54 Å². The fourth-order valence-corrected chi connectivity index (χ4v) is 1.86. The molecule has 0 aliphatic heterocycles. The molecule has 4 nitrogen and oxygen atoms in total. The molecule has 0 saturated carbocycles. The van der Waals surface area contributed by atoms with Crippen molar-refractivity contribution >= 4 is 17.5 Å². The van der Waals surface area contributed by atoms with Crippen LogP contribution in [0.3, 0.4) is 0 Å². The average Bonchev–Trinajstić information content (AvgIpc) is 2.45. The third-order valence-corrected chi connectivity index (χ3v) is 2.97. The molecule has 1 aromatic carbocycles. The van der Waals surface area contributed by atoms with E-state index in [1.165, 1.54) is 6.20 Å². The number of amides is 1. The molecule has 1 heterocycles. The molecule has 0 atom stereocenters. The van der Waals surface area contributed by atoms with Crippen LogP contribution in [-0.4, -0.2) is 18.0 Å². The normalized spacial score (nSPS) is 10.0. The van der Waals surface area contributed by atoms with E-state index < -0.39 is 0 Å². The molecule has 0 radical (unpaired) electrons. The maximum atomic E-state index is 12.0. The molecule has 1 aromatic heterocycles. The Hall–Kier alpha value is -2.07. The van der Waals surface area contributed by atoms with Gasteiger partial charge in [-0.05, 0) is 12.1 Å². The predicted octanol–water partition coefficient (Wildman–Crippen LogP) is 2.67. The third-order valence-electron chi connectivity index (χ3n) is 2.64. The van der Waals surface area contributed by atoms with Gasteiger partial charge in [0.15, 0.2) is 0 Å². The third kappa shape index (κ3) is 3.23. The van der Waals surface area contributed by atoms with E-state index >= 15 is 0 Å². The smallest absolute Gasteiger partial charge is 0.254 e. The summed E-state index contributed by atoms with van der Waals surface area (Å²) in [6, 6.07) is 9.09. The highest BCUT2D eigenvalue weighted by Gasteiger charge is 2.10. The molecule has 0 aliphatic rings. The number of methoxy groups -OCH3 is 1. The van der Waals surface area contributed by atoms with Crippen molar-refractivity contribution in [1.82, 2.24) is 10.3 Å². The first kappa shape index (κ1) is 13.4. The average molecular weight is 277 g/mol. The lowest BCUT2D eigenvalue weighted by Crippen LogP contribution is -2.23. The summed E-state index contributed by atoms with van der Waals surface area (Å²) in [4.78, 5) is 15.8. The summed E-state index contributed by atoms with van der Waals surface area (Å²) >= 11 is 5.93. The molecular formula is C14H13ClN2O2. The van der Waals surface area contributed by atoms with Gasteiger partial charge in [0, 0.05) is 24.5 Å². The zero-order valence-corrected chi connectivity index (χ0v) is 11.1. The highest BCUT2D eigenvalue weighted by Crippen LogP contribution is 2.17. The minimum absolute atomic E-state index is 0.260. The minimum Gasteiger partial charge on any atom is -0.496 e. The number of aromatic nitrogens is 1. The van der Waals surface area contributed by atoms with Gasteiger partial charge in [0.05, 0.1) is 17.7 Å². The van der Waals surface area contributed by atoms with Crippen LogP contribution in [0, 0.1) is 0 Å². The van der Waals surface area contributed by atoms with Crippen LogP contribution in [0.2, 0.25) is 5.02 Å². The fraction of sp³-hybridized carbons (Fsp3) is 0.143. The van der Waals surface area contributed by atoms with E-state index in [0.29, 0.717) is 17.1 Å². The van der Waals surface area contributed by atoms with Gasteiger partial charge in [0.25, 0.3) is 5.91 Å². The maximum absolute atomic E-state index is 12.0. The molecule has 2 aromatic rings. The van der Waals surface area contributed by atoms with Gasteiger partial charge in [0.1, 0.15) is 5.75 Å². The van der Waals surface area contributed by atoms with E-state index in [1.54, 1.807) is 19.4 Å². The van der Waals surface area contributed by atoms with E-state index in [4.69, 9.17) is 16.3 Å². The Labute approximate surface area is 116 Å². The van der Waals surface area contributed by atoms with Crippen molar-refractivity contribution in [3.63, 3.8) is 0 Å². The van der Waals surface area contributed by atoms with Crippen LogP contribution in [0.4, 0.5) is 0 Å². The summed E-state index contributed by atoms with van der Waals surface area (Å²) in [5.74, 6) is 0.476. The van der Waals surface area contributed by atoms with Gasteiger partial charge < -0.3 is 10.1 Å². The fourth-order valence-electron chi connectivity index (χ4n) is 1.66. The zero-order chi connectivity index (χ0) is 13.7. The largest absolute Gasteiger partial charge is 0.496 e. The number of rotatable bonds is 4. The standard InChI is InChI=1S/C14H13ClN2O2/c1-19-13-5-3-2-4-10(13)8-17-14(18)11-9-16-7-6-12(11)15/h2-7,9H,8H2,1H3,(H,17,18). The highest BCUT2D eigenvalue weighted by molar-refractivity contribution is 6.33. The van der Waals surface area contributed by atoms with Crippen LogP contribution >= 0.6 is 11.6 Å². The number of benzene rings is 1. The number of halogens is 1. The molecule has 2 rings (SSSR count). The number of hydrogen-bond acceptors (Lipinski definition) is 3. The minimum atomic E-state index is -0.260. The van der Waals surface area contributed by atoms with Gasteiger partial charge >= 0.3 is 0 Å². The summed E-state index contributed by atoms with van der Waals surface area (Å²) in [6.07, 6.45) is 2.99. The van der Waals surface area contributed by atoms with E-state index in [2.05, 4.69) is 10.3 Å². The number of hydrogen-bond donors (Lipinski definition) is 1. The molecule has 0 saturated heterocycles. The van der Waals surface area contributed by atoms with Crippen molar-refractivity contribution in [1.29, 1.82) is 0 Å². The molecule has 0 unspecified atom stereocenters. The molecule has 0 aliphatic carbocycles. The van der Waals surface area contributed by atoms with Gasteiger partial charge in [-0.3, -0.25) is 9.78 Å². The van der Waals surface area contributed by atoms with Crippen molar-refractivity contribution in [2.45, 2.75) is 6.54 Å². The molecule has 0 spiro atoms. The highest BCUT2D eigenvalue weighted by atomic mass is 35.5. The number of nitrogens with zero attached hydrogens (tertiary/aromatic N) is 1. The van der Waals surface area contributed by atoms with Crippen molar-refractivity contribution in [3.05, 3.63) is 58.9 Å². The lowest BCUT2D eigenvalue weighted by atomic mass is 10.2. The summed E-state index contributed by atoms with van der Waals surface area (Å²) in [5.41, 5.74) is 1.26. The maximum Gasteiger partial charge on any atom is 0.254 e. The second kappa shape index (κ2) is 6.20. The van der Waals surface area contributed by atoms with E-state index in [-0.39, 0.29) is 5.91 Å². The first-order chi connectivity index (χ1) is 9.22. The van der Waals surface area contributed by atoms with Gasteiger partial charge in [-0.1, -0.05) is 29.8 Å². The molecule has 5 heteroatoms. The summed E-state index contributed by atoms with van der Waals surface area (Å²) < 4.78 is 5.22. The first-order valence-corrected chi connectivity index (χ1v) is 6.09. The van der Waals surface area contributed by atoms with E-state index in [1.807, 2.05) is 24.3 Å². The molecule has 1 amide bonds. The topological polar surface area (TPSA) is 51.2 Å². The Morgan fingerprint density at radius 1 is 1.37 bits per heavy atom. The Morgan fingerprint density at radius 3 is 2.89 bits per heavy atom. The van der Waals surface area contributed by atoms with Crippen molar-refractivity contribution in [3.8, 4) is 5.75 Å². The quantitative estimate of drug-likeness (QED) is 0.934. The van der Waals surface area contributed by atoms with Gasteiger partial charge in [-0.15, -0.1) is 0 Å². The van der Waals surface area contributed by atoms with Crippen LogP contribution in [0.25, 0.3) is 0 Å². The summed E-state index contributed by atoms with van der Waals surface area (Å²) in [6.45, 7) is 0.369. The molecule has 0 fully saturated rings. The Bertz CT molecular complexity index is 587. The van der Waals surface area contributed by atoms with E-state index in [0.717, 1.165) is 11.3 Å². The number of carbonyl (C=O) groups is 1. The first-order valence-electron chi connectivity index (χ1n) is 5.72. The number of pyridine rings is 1. The van der Waals surface area contributed by atoms with Gasteiger partial charge in [-0.25, -0.2) is 0 Å².